The fraction of sp³-hybridized carbons (Fsp3) is 0.571. The zero-order valence-corrected chi connectivity index (χ0v) is 10.9. The maximum Gasteiger partial charge on any atom is 0.119 e. The highest BCUT2D eigenvalue weighted by atomic mass is 16.5. The van der Waals surface area contributed by atoms with Gasteiger partial charge in [0.05, 0.1) is 5.60 Å². The molecule has 1 rings (SSSR count). The van der Waals surface area contributed by atoms with E-state index in [1.165, 1.54) is 0 Å². The van der Waals surface area contributed by atoms with Crippen LogP contribution in [0.5, 0.6) is 5.75 Å². The zero-order valence-electron chi connectivity index (χ0n) is 10.9. The largest absolute Gasteiger partial charge is 0.491 e. The third-order valence-electron chi connectivity index (χ3n) is 3.23. The number of aliphatic hydroxyl groups is 1. The van der Waals surface area contributed by atoms with Crippen molar-refractivity contribution in [1.29, 1.82) is 0 Å². The van der Waals surface area contributed by atoms with E-state index >= 15 is 0 Å². The molecular formula is C14H23NO2. The van der Waals surface area contributed by atoms with Crippen molar-refractivity contribution in [3.05, 3.63) is 29.8 Å². The minimum atomic E-state index is -0.722. The van der Waals surface area contributed by atoms with Crippen LogP contribution in [0.25, 0.3) is 0 Å². The lowest BCUT2D eigenvalue weighted by Gasteiger charge is -2.25. The van der Waals surface area contributed by atoms with Crippen LogP contribution in [0.15, 0.2) is 24.3 Å². The predicted octanol–water partition coefficient (Wildman–Crippen LogP) is 2.64. The van der Waals surface area contributed by atoms with Gasteiger partial charge in [0.15, 0.2) is 0 Å². The molecule has 1 aromatic rings. The number of ether oxygens (including phenoxy) is 1. The van der Waals surface area contributed by atoms with Gasteiger partial charge in [-0.3, -0.25) is 0 Å². The Bertz CT molecular complexity index is 329. The van der Waals surface area contributed by atoms with Gasteiger partial charge in [-0.1, -0.05) is 26.0 Å². The van der Waals surface area contributed by atoms with Crippen molar-refractivity contribution in [1.82, 2.24) is 0 Å². The number of rotatable bonds is 6. The van der Waals surface area contributed by atoms with E-state index in [4.69, 9.17) is 10.5 Å². The highest BCUT2D eigenvalue weighted by Gasteiger charge is 2.22. The molecule has 17 heavy (non-hydrogen) atoms. The minimum Gasteiger partial charge on any atom is -0.491 e. The van der Waals surface area contributed by atoms with Gasteiger partial charge in [0.2, 0.25) is 0 Å². The highest BCUT2D eigenvalue weighted by Crippen LogP contribution is 2.20. The third-order valence-corrected chi connectivity index (χ3v) is 3.23. The van der Waals surface area contributed by atoms with Gasteiger partial charge in [0.25, 0.3) is 0 Å². The number of hydrogen-bond acceptors (Lipinski definition) is 3. The molecule has 3 nitrogen and oxygen atoms in total. The Morgan fingerprint density at radius 2 is 1.76 bits per heavy atom. The van der Waals surface area contributed by atoms with Gasteiger partial charge in [-0.15, -0.1) is 0 Å². The standard InChI is InChI=1S/C14H23NO2/c1-4-14(16,5-2)10-17-13-8-6-12(7-9-13)11(3)15/h6-9,11,16H,4-5,10,15H2,1-3H3/t11-/m0/s1. The number of hydrogen-bond donors (Lipinski definition) is 2. The first kappa shape index (κ1) is 14.0. The summed E-state index contributed by atoms with van der Waals surface area (Å²) in [5, 5.41) is 10.1. The van der Waals surface area contributed by atoms with Gasteiger partial charge < -0.3 is 15.6 Å². The van der Waals surface area contributed by atoms with Crippen LogP contribution >= 0.6 is 0 Å². The lowest BCUT2D eigenvalue weighted by Crippen LogP contribution is -2.34. The Hall–Kier alpha value is -1.06. The molecule has 0 saturated heterocycles. The Kier molecular flexibility index (Phi) is 4.97. The van der Waals surface area contributed by atoms with Gasteiger partial charge in [0, 0.05) is 6.04 Å². The summed E-state index contributed by atoms with van der Waals surface area (Å²) in [7, 11) is 0. The smallest absolute Gasteiger partial charge is 0.119 e. The number of benzene rings is 1. The average molecular weight is 237 g/mol. The van der Waals surface area contributed by atoms with Crippen molar-refractivity contribution < 1.29 is 9.84 Å². The Balaban J connectivity index is 2.58. The molecule has 0 aliphatic carbocycles. The lowest BCUT2D eigenvalue weighted by molar-refractivity contribution is -0.0113. The van der Waals surface area contributed by atoms with Crippen LogP contribution in [0, 0.1) is 0 Å². The van der Waals surface area contributed by atoms with Gasteiger partial charge >= 0.3 is 0 Å². The van der Waals surface area contributed by atoms with Gasteiger partial charge in [-0.25, -0.2) is 0 Å². The molecule has 0 aromatic heterocycles. The molecule has 96 valence electrons. The summed E-state index contributed by atoms with van der Waals surface area (Å²) in [4.78, 5) is 0. The molecule has 0 aliphatic heterocycles. The van der Waals surface area contributed by atoms with Crippen LogP contribution in [-0.4, -0.2) is 17.3 Å². The Morgan fingerprint density at radius 3 is 2.18 bits per heavy atom. The Morgan fingerprint density at radius 1 is 1.24 bits per heavy atom. The Labute approximate surface area is 104 Å². The van der Waals surface area contributed by atoms with E-state index in [-0.39, 0.29) is 6.04 Å². The van der Waals surface area contributed by atoms with Crippen molar-refractivity contribution in [3.8, 4) is 5.75 Å². The quantitative estimate of drug-likeness (QED) is 0.799. The lowest BCUT2D eigenvalue weighted by atomic mass is 9.99. The summed E-state index contributed by atoms with van der Waals surface area (Å²) in [6, 6.07) is 7.73. The molecule has 0 bridgehead atoms. The van der Waals surface area contributed by atoms with Crippen LogP contribution in [-0.2, 0) is 0 Å². The van der Waals surface area contributed by atoms with E-state index in [0.717, 1.165) is 11.3 Å². The molecule has 3 N–H and O–H groups in total. The summed E-state index contributed by atoms with van der Waals surface area (Å²) in [5.41, 5.74) is 6.13. The fourth-order valence-electron chi connectivity index (χ4n) is 1.54. The minimum absolute atomic E-state index is 0.0345. The number of nitrogens with two attached hydrogens (primary N) is 1. The van der Waals surface area contributed by atoms with E-state index in [2.05, 4.69) is 0 Å². The molecule has 0 aliphatic rings. The fourth-order valence-corrected chi connectivity index (χ4v) is 1.54. The molecule has 0 heterocycles. The summed E-state index contributed by atoms with van der Waals surface area (Å²) < 4.78 is 5.60. The third kappa shape index (κ3) is 4.02. The summed E-state index contributed by atoms with van der Waals surface area (Å²) in [5.74, 6) is 0.773. The van der Waals surface area contributed by atoms with Crippen molar-refractivity contribution in [3.63, 3.8) is 0 Å². The van der Waals surface area contributed by atoms with E-state index in [1.807, 2.05) is 45.0 Å². The first-order chi connectivity index (χ1) is 8.00. The first-order valence-corrected chi connectivity index (χ1v) is 6.21. The summed E-state index contributed by atoms with van der Waals surface area (Å²) in [6.07, 6.45) is 1.39. The second-order valence-corrected chi connectivity index (χ2v) is 4.58. The normalized spacial score (nSPS) is 13.5. The van der Waals surface area contributed by atoms with Crippen molar-refractivity contribution in [2.45, 2.75) is 45.3 Å². The SMILES string of the molecule is CCC(O)(CC)COc1ccc([C@H](C)N)cc1. The topological polar surface area (TPSA) is 55.5 Å². The van der Waals surface area contributed by atoms with Crippen LogP contribution in [0.2, 0.25) is 0 Å². The van der Waals surface area contributed by atoms with E-state index < -0.39 is 5.60 Å². The summed E-state index contributed by atoms with van der Waals surface area (Å²) in [6.45, 7) is 6.21. The van der Waals surface area contributed by atoms with Crippen LogP contribution in [0.3, 0.4) is 0 Å². The average Bonchev–Trinajstić information content (AvgIpc) is 2.36. The van der Waals surface area contributed by atoms with Crippen LogP contribution in [0.1, 0.15) is 45.2 Å². The molecule has 0 amide bonds. The van der Waals surface area contributed by atoms with Crippen LogP contribution < -0.4 is 10.5 Å². The molecule has 1 atom stereocenters. The molecule has 3 heteroatoms. The summed E-state index contributed by atoms with van der Waals surface area (Å²) >= 11 is 0. The van der Waals surface area contributed by atoms with Crippen LogP contribution in [0.4, 0.5) is 0 Å². The monoisotopic (exact) mass is 237 g/mol. The molecule has 0 radical (unpaired) electrons. The second kappa shape index (κ2) is 6.03. The molecule has 0 saturated carbocycles. The molecule has 0 fully saturated rings. The predicted molar refractivity (Wildman–Crippen MR) is 70.1 cm³/mol. The van der Waals surface area contributed by atoms with Gasteiger partial charge in [-0.05, 0) is 37.5 Å². The maximum absolute atomic E-state index is 10.1. The van der Waals surface area contributed by atoms with Gasteiger partial charge in [0.1, 0.15) is 12.4 Å². The van der Waals surface area contributed by atoms with E-state index in [0.29, 0.717) is 19.4 Å². The van der Waals surface area contributed by atoms with Crippen molar-refractivity contribution in [2.24, 2.45) is 5.73 Å². The zero-order chi connectivity index (χ0) is 12.9. The van der Waals surface area contributed by atoms with Crippen molar-refractivity contribution >= 4 is 0 Å². The molecule has 1 aromatic carbocycles. The first-order valence-electron chi connectivity index (χ1n) is 6.21. The maximum atomic E-state index is 10.1. The van der Waals surface area contributed by atoms with Gasteiger partial charge in [-0.2, -0.15) is 0 Å². The van der Waals surface area contributed by atoms with E-state index in [9.17, 15) is 5.11 Å². The molecule has 0 unspecified atom stereocenters. The van der Waals surface area contributed by atoms with Crippen molar-refractivity contribution in [2.75, 3.05) is 6.61 Å². The highest BCUT2D eigenvalue weighted by molar-refractivity contribution is 5.28. The molecular weight excluding hydrogens is 214 g/mol. The van der Waals surface area contributed by atoms with E-state index in [1.54, 1.807) is 0 Å². The second-order valence-electron chi connectivity index (χ2n) is 4.58. The molecule has 0 spiro atoms.